The Hall–Kier alpha value is -12.3. The summed E-state index contributed by atoms with van der Waals surface area (Å²) in [7, 11) is 0. The number of hydrogen-bond donors (Lipinski definition) is 0. The fourth-order valence-corrected chi connectivity index (χ4v) is 20.9. The largest absolute Gasteiger partial charge is 0.489 e. The molecular weight excluding hydrogens is 1450 g/mol. The molecule has 120 heavy (non-hydrogen) atoms. The highest BCUT2D eigenvalue weighted by Crippen LogP contribution is 2.41. The van der Waals surface area contributed by atoms with Crippen LogP contribution in [0.2, 0.25) is 0 Å². The van der Waals surface area contributed by atoms with Crippen molar-refractivity contribution in [1.29, 1.82) is 0 Å². The highest BCUT2D eigenvalue weighted by Gasteiger charge is 2.38. The third kappa shape index (κ3) is 15.7. The van der Waals surface area contributed by atoms with Crippen molar-refractivity contribution in [3.8, 4) is 78.3 Å². The third-order valence-electron chi connectivity index (χ3n) is 26.5. The van der Waals surface area contributed by atoms with Crippen molar-refractivity contribution < 1.29 is 9.47 Å². The second-order valence-electron chi connectivity index (χ2n) is 35.2. The first-order chi connectivity index (χ1) is 57.5. The number of aryl methyl sites for hydroxylation is 12. The molecule has 0 aliphatic carbocycles. The van der Waals surface area contributed by atoms with Crippen LogP contribution in [0.15, 0.2) is 256 Å². The summed E-state index contributed by atoms with van der Waals surface area (Å²) in [5, 5.41) is 0. The van der Waals surface area contributed by atoms with Crippen LogP contribution in [0.1, 0.15) is 161 Å². The number of benzene rings is 11. The van der Waals surface area contributed by atoms with Crippen LogP contribution in [0.3, 0.4) is 0 Å². The lowest BCUT2D eigenvalue weighted by atomic mass is 9.32. The SMILES string of the molecule is Cc1cc(C)c(-c2ccc(C(C)(C)c3ccc(OCc4ccc(COc5ccc(C(C)(C)c6ccc(-c7c(C)cc(C)c(B(c8c(C)cc(C)c(-c9cccnc9)c8C)c8c(C)cc(C)c(-c9cccnc9)c8C)c7C)cc6)cc5)cc4)cc3)cc2)c(C)c1B(c1c(C)cc(C)c(-c2cccnc2)c1C)c1c(C)cc(C)c(-c2cccnc2)c1C. The van der Waals surface area contributed by atoms with E-state index in [-0.39, 0.29) is 24.3 Å². The van der Waals surface area contributed by atoms with E-state index in [2.05, 4.69) is 379 Å². The van der Waals surface area contributed by atoms with E-state index in [1.54, 1.807) is 0 Å². The molecule has 0 radical (unpaired) electrons. The fraction of sp³-hybridized carbons (Fsp3) is 0.232. The number of rotatable bonds is 22. The van der Waals surface area contributed by atoms with Crippen LogP contribution in [0.4, 0.5) is 0 Å². The zero-order chi connectivity index (χ0) is 84.9. The smallest absolute Gasteiger partial charge is 0.243 e. The Bertz CT molecular complexity index is 5760. The van der Waals surface area contributed by atoms with Crippen molar-refractivity contribution >= 4 is 46.2 Å². The second kappa shape index (κ2) is 33.9. The minimum Gasteiger partial charge on any atom is -0.489 e. The molecule has 6 nitrogen and oxygen atoms in total. The lowest BCUT2D eigenvalue weighted by molar-refractivity contribution is 0.302. The maximum absolute atomic E-state index is 6.46. The molecule has 0 fully saturated rings. The van der Waals surface area contributed by atoms with E-state index >= 15 is 0 Å². The van der Waals surface area contributed by atoms with Gasteiger partial charge in [-0.25, -0.2) is 0 Å². The molecule has 598 valence electrons. The van der Waals surface area contributed by atoms with Crippen molar-refractivity contribution in [2.24, 2.45) is 0 Å². The summed E-state index contributed by atoms with van der Waals surface area (Å²) < 4.78 is 12.9. The molecule has 8 heteroatoms. The Morgan fingerprint density at radius 1 is 0.233 bits per heavy atom. The lowest BCUT2D eigenvalue weighted by Gasteiger charge is -2.31. The van der Waals surface area contributed by atoms with Gasteiger partial charge in [-0.1, -0.05) is 252 Å². The molecule has 0 saturated carbocycles. The van der Waals surface area contributed by atoms with Gasteiger partial charge in [0.25, 0.3) is 0 Å². The summed E-state index contributed by atoms with van der Waals surface area (Å²) in [4.78, 5) is 18.5. The van der Waals surface area contributed by atoms with Gasteiger partial charge in [-0.05, 0) is 318 Å². The van der Waals surface area contributed by atoms with Crippen LogP contribution in [0, 0.1) is 125 Å². The van der Waals surface area contributed by atoms with Crippen molar-refractivity contribution in [2.75, 3.05) is 0 Å². The molecule has 0 unspecified atom stereocenters. The number of pyridine rings is 4. The average molecular weight is 1570 g/mol. The predicted octanol–water partition coefficient (Wildman–Crippen LogP) is 23.7. The van der Waals surface area contributed by atoms with E-state index < -0.39 is 0 Å². The number of hydrogen-bond acceptors (Lipinski definition) is 6. The Morgan fingerprint density at radius 3 is 0.633 bits per heavy atom. The molecule has 0 bridgehead atoms. The van der Waals surface area contributed by atoms with Crippen molar-refractivity contribution in [2.45, 2.75) is 176 Å². The summed E-state index contributed by atoms with van der Waals surface area (Å²) in [6, 6.07) is 76.1. The monoisotopic (exact) mass is 1570 g/mol. The Morgan fingerprint density at radius 2 is 0.433 bits per heavy atom. The van der Waals surface area contributed by atoms with Gasteiger partial charge in [0.15, 0.2) is 0 Å². The molecule has 4 heterocycles. The molecule has 0 N–H and O–H groups in total. The normalized spacial score (nSPS) is 11.7. The van der Waals surface area contributed by atoms with E-state index in [0.717, 1.165) is 44.9 Å². The van der Waals surface area contributed by atoms with Gasteiger partial charge in [0.2, 0.25) is 13.4 Å². The minimum absolute atomic E-state index is 0.0656. The average Bonchev–Trinajstić information content (AvgIpc) is 0.734. The van der Waals surface area contributed by atoms with Gasteiger partial charge in [-0.15, -0.1) is 0 Å². The van der Waals surface area contributed by atoms with Gasteiger partial charge < -0.3 is 9.47 Å². The van der Waals surface area contributed by atoms with Gasteiger partial charge in [0, 0.05) is 82.7 Å². The molecule has 4 aromatic heterocycles. The number of nitrogens with zero attached hydrogens (tertiary/aromatic N) is 4. The molecular formula is C112H112B2N4O2. The lowest BCUT2D eigenvalue weighted by Crippen LogP contribution is -2.58. The molecule has 0 amide bonds. The molecule has 0 spiro atoms. The van der Waals surface area contributed by atoms with Crippen LogP contribution >= 0.6 is 0 Å². The van der Waals surface area contributed by atoms with Gasteiger partial charge in [0.05, 0.1) is 0 Å². The van der Waals surface area contributed by atoms with E-state index in [9.17, 15) is 0 Å². The molecule has 0 aliphatic heterocycles. The standard InChI is InChI=1S/C112H112B2N4O2/c1-67-55-73(7)105(113(107-75(9)57-69(3)101(81(107)15)89-27-23-51-115-61-89)108-76(10)58-70(4)102(82(108)16)90-28-24-52-116-62-90)79(13)99(67)87-35-39-93(40-36-87)111(19,20)95-43-47-97(48-44-95)119-65-85-31-33-86(34-32-85)66-120-98-49-45-96(46-50-98)112(21,22)94-41-37-88(38-42-94)100-68(2)56-74(8)106(80(100)14)114(109-77(11)59-71(5)103(83(109)17)91-29-25-53-117-63-91)110-78(12)60-72(6)104(84(110)18)92-30-26-54-118-64-92/h23-64H,65-66H2,1-22H3. The van der Waals surface area contributed by atoms with E-state index in [1.807, 2.05) is 49.6 Å². The van der Waals surface area contributed by atoms with Crippen molar-refractivity contribution in [1.82, 2.24) is 19.9 Å². The van der Waals surface area contributed by atoms with Crippen LogP contribution in [0.5, 0.6) is 11.5 Å². The van der Waals surface area contributed by atoms with Crippen LogP contribution in [-0.2, 0) is 24.0 Å². The molecule has 0 atom stereocenters. The number of ether oxygens (including phenoxy) is 2. The molecule has 15 aromatic rings. The predicted molar refractivity (Wildman–Crippen MR) is 509 cm³/mol. The van der Waals surface area contributed by atoms with Crippen LogP contribution in [0.25, 0.3) is 66.8 Å². The van der Waals surface area contributed by atoms with E-state index in [0.29, 0.717) is 13.2 Å². The first-order valence-electron chi connectivity index (χ1n) is 42.5. The molecule has 0 saturated heterocycles. The van der Waals surface area contributed by atoms with Crippen molar-refractivity contribution in [3.05, 3.63) is 389 Å². The zero-order valence-corrected chi connectivity index (χ0v) is 74.4. The van der Waals surface area contributed by atoms with Crippen molar-refractivity contribution in [3.63, 3.8) is 0 Å². The topological polar surface area (TPSA) is 70.0 Å². The zero-order valence-electron chi connectivity index (χ0n) is 74.4. The van der Waals surface area contributed by atoms with E-state index in [4.69, 9.17) is 9.47 Å². The summed E-state index contributed by atoms with van der Waals surface area (Å²) >= 11 is 0. The maximum atomic E-state index is 6.46. The highest BCUT2D eigenvalue weighted by atomic mass is 16.5. The summed E-state index contributed by atoms with van der Waals surface area (Å²) in [6.45, 7) is 51.6. The summed E-state index contributed by atoms with van der Waals surface area (Å²) in [5.74, 6) is 1.67. The van der Waals surface area contributed by atoms with Gasteiger partial charge >= 0.3 is 0 Å². The van der Waals surface area contributed by atoms with Gasteiger partial charge in [0.1, 0.15) is 24.7 Å². The van der Waals surface area contributed by atoms with Crippen LogP contribution in [-0.4, -0.2) is 33.4 Å². The van der Waals surface area contributed by atoms with E-state index in [1.165, 1.54) is 200 Å². The Kier molecular flexibility index (Phi) is 23.4. The summed E-state index contributed by atoms with van der Waals surface area (Å²) in [6.07, 6.45) is 15.5. The quantitative estimate of drug-likeness (QED) is 0.0630. The molecule has 11 aromatic carbocycles. The van der Waals surface area contributed by atoms with Gasteiger partial charge in [-0.2, -0.15) is 0 Å². The highest BCUT2D eigenvalue weighted by molar-refractivity contribution is 6.98. The Labute approximate surface area is 714 Å². The minimum atomic E-state index is -0.278. The van der Waals surface area contributed by atoms with Gasteiger partial charge in [-0.3, -0.25) is 19.9 Å². The molecule has 0 aliphatic rings. The fourth-order valence-electron chi connectivity index (χ4n) is 20.9. The third-order valence-corrected chi connectivity index (χ3v) is 26.5. The maximum Gasteiger partial charge on any atom is 0.243 e. The Balaban J connectivity index is 0.617. The van der Waals surface area contributed by atoms with Crippen LogP contribution < -0.4 is 42.3 Å². The molecule has 15 rings (SSSR count). The first-order valence-corrected chi connectivity index (χ1v) is 42.5. The number of aromatic nitrogens is 4. The second-order valence-corrected chi connectivity index (χ2v) is 35.2. The first kappa shape index (κ1) is 82.8. The summed E-state index contributed by atoms with van der Waals surface area (Å²) in [5.41, 5.74) is 52.3.